The van der Waals surface area contributed by atoms with E-state index in [0.29, 0.717) is 12.8 Å². The number of aliphatic carboxylic acids is 1. The number of hydrogen-bond acceptors (Lipinski definition) is 4. The predicted octanol–water partition coefficient (Wildman–Crippen LogP) is 1.65. The van der Waals surface area contributed by atoms with Crippen LogP contribution in [-0.2, 0) is 4.79 Å². The summed E-state index contributed by atoms with van der Waals surface area (Å²) in [6.07, 6.45) is 5.72. The average molecular weight is 284 g/mol. The lowest BCUT2D eigenvalue weighted by molar-refractivity contribution is -0.138. The Bertz CT molecular complexity index is 501. The predicted molar refractivity (Wildman–Crippen MR) is 68.0 cm³/mol. The molecule has 1 heterocycles. The summed E-state index contributed by atoms with van der Waals surface area (Å²) in [5.41, 5.74) is -0.573. The van der Waals surface area contributed by atoms with Crippen LogP contribution in [0, 0.1) is 0 Å². The monoisotopic (exact) mass is 283 g/mol. The van der Waals surface area contributed by atoms with E-state index in [1.54, 1.807) is 0 Å². The average Bonchev–Trinajstić information content (AvgIpc) is 2.76. The van der Waals surface area contributed by atoms with Gasteiger partial charge in [0.2, 0.25) is 0 Å². The van der Waals surface area contributed by atoms with Gasteiger partial charge in [0.15, 0.2) is 0 Å². The smallest absolute Gasteiger partial charge is 0.305 e. The highest BCUT2D eigenvalue weighted by atomic mass is 35.5. The second kappa shape index (κ2) is 5.52. The third kappa shape index (κ3) is 3.41. The van der Waals surface area contributed by atoms with E-state index in [9.17, 15) is 9.59 Å². The molecule has 1 aliphatic rings. The molecule has 7 heteroatoms. The maximum absolute atomic E-state index is 12.1. The molecule has 102 valence electrons. The van der Waals surface area contributed by atoms with Crippen molar-refractivity contribution in [1.29, 1.82) is 0 Å². The molecule has 0 atom stereocenters. The van der Waals surface area contributed by atoms with Crippen LogP contribution in [0.1, 0.15) is 42.6 Å². The first-order chi connectivity index (χ1) is 9.01. The Labute approximate surface area is 115 Å². The number of rotatable bonds is 4. The fourth-order valence-electron chi connectivity index (χ4n) is 2.44. The van der Waals surface area contributed by atoms with Crippen molar-refractivity contribution in [1.82, 2.24) is 15.3 Å². The molecule has 2 N–H and O–H groups in total. The molecule has 1 saturated carbocycles. The molecule has 2 rings (SSSR count). The summed E-state index contributed by atoms with van der Waals surface area (Å²) in [5.74, 6) is -1.35. The van der Waals surface area contributed by atoms with Gasteiger partial charge in [0.05, 0.1) is 24.4 Å². The number of nitrogens with zero attached hydrogens (tertiary/aromatic N) is 2. The van der Waals surface area contributed by atoms with E-state index >= 15 is 0 Å². The van der Waals surface area contributed by atoms with Gasteiger partial charge < -0.3 is 10.4 Å². The van der Waals surface area contributed by atoms with Crippen molar-refractivity contribution in [3.05, 3.63) is 23.2 Å². The van der Waals surface area contributed by atoms with Crippen LogP contribution in [0.4, 0.5) is 0 Å². The molecule has 1 fully saturated rings. The highest BCUT2D eigenvalue weighted by molar-refractivity contribution is 6.29. The molecule has 0 spiro atoms. The topological polar surface area (TPSA) is 92.2 Å². The number of nitrogens with one attached hydrogen (secondary N) is 1. The second-order valence-electron chi connectivity index (χ2n) is 4.74. The lowest BCUT2D eigenvalue weighted by atomic mass is 9.93. The van der Waals surface area contributed by atoms with E-state index in [4.69, 9.17) is 16.7 Å². The second-order valence-corrected chi connectivity index (χ2v) is 5.13. The molecule has 0 aromatic carbocycles. The van der Waals surface area contributed by atoms with Gasteiger partial charge in [-0.1, -0.05) is 24.4 Å². The highest BCUT2D eigenvalue weighted by Crippen LogP contribution is 2.32. The zero-order valence-electron chi connectivity index (χ0n) is 10.2. The maximum atomic E-state index is 12.1. The normalized spacial score (nSPS) is 17.1. The quantitative estimate of drug-likeness (QED) is 0.876. The fraction of sp³-hybridized carbons (Fsp3) is 0.500. The minimum Gasteiger partial charge on any atom is -0.481 e. The summed E-state index contributed by atoms with van der Waals surface area (Å²) in [7, 11) is 0. The molecule has 1 aromatic heterocycles. The Morgan fingerprint density at radius 2 is 2.05 bits per heavy atom. The molecule has 0 bridgehead atoms. The number of aromatic nitrogens is 2. The van der Waals surface area contributed by atoms with Crippen LogP contribution in [0.15, 0.2) is 12.4 Å². The Hall–Kier alpha value is -1.69. The van der Waals surface area contributed by atoms with Gasteiger partial charge in [0, 0.05) is 0 Å². The summed E-state index contributed by atoms with van der Waals surface area (Å²) in [4.78, 5) is 30.7. The first-order valence-electron chi connectivity index (χ1n) is 6.03. The first-order valence-corrected chi connectivity index (χ1v) is 6.40. The van der Waals surface area contributed by atoms with Gasteiger partial charge in [-0.15, -0.1) is 0 Å². The third-order valence-electron chi connectivity index (χ3n) is 3.27. The molecule has 6 nitrogen and oxygen atoms in total. The van der Waals surface area contributed by atoms with Crippen LogP contribution in [0.3, 0.4) is 0 Å². The van der Waals surface area contributed by atoms with Crippen molar-refractivity contribution in [2.45, 2.75) is 37.6 Å². The minimum atomic E-state index is -0.917. The number of hydrogen-bond donors (Lipinski definition) is 2. The van der Waals surface area contributed by atoms with Crippen molar-refractivity contribution in [2.24, 2.45) is 0 Å². The minimum absolute atomic E-state index is 0.0767. The molecule has 19 heavy (non-hydrogen) atoms. The van der Waals surface area contributed by atoms with Crippen molar-refractivity contribution in [2.75, 3.05) is 0 Å². The number of carbonyl (C=O) groups excluding carboxylic acids is 1. The van der Waals surface area contributed by atoms with Crippen molar-refractivity contribution in [3.63, 3.8) is 0 Å². The van der Waals surface area contributed by atoms with E-state index in [1.165, 1.54) is 12.4 Å². The van der Waals surface area contributed by atoms with Gasteiger partial charge in [0.1, 0.15) is 10.8 Å². The zero-order valence-corrected chi connectivity index (χ0v) is 11.0. The summed E-state index contributed by atoms with van der Waals surface area (Å²) in [5, 5.41) is 11.9. The highest BCUT2D eigenvalue weighted by Gasteiger charge is 2.37. The maximum Gasteiger partial charge on any atom is 0.305 e. The van der Waals surface area contributed by atoms with E-state index in [0.717, 1.165) is 12.8 Å². The molecule has 1 aliphatic carbocycles. The van der Waals surface area contributed by atoms with Crippen LogP contribution in [-0.4, -0.2) is 32.5 Å². The lowest BCUT2D eigenvalue weighted by Crippen LogP contribution is -2.48. The van der Waals surface area contributed by atoms with Gasteiger partial charge in [-0.2, -0.15) is 0 Å². The van der Waals surface area contributed by atoms with Crippen LogP contribution >= 0.6 is 11.6 Å². The SMILES string of the molecule is O=C(O)CC1(NC(=O)c2cncc(Cl)n2)CCCC1. The van der Waals surface area contributed by atoms with Crippen molar-refractivity contribution in [3.8, 4) is 0 Å². The molecule has 1 aromatic rings. The molecular formula is C12H14ClN3O3. The summed E-state index contributed by atoms with van der Waals surface area (Å²) < 4.78 is 0. The number of carboxylic acids is 1. The first kappa shape index (κ1) is 13.7. The standard InChI is InChI=1S/C12H14ClN3O3/c13-9-7-14-6-8(15-9)11(19)16-12(5-10(17)18)3-1-2-4-12/h6-7H,1-5H2,(H,16,19)(H,17,18). The van der Waals surface area contributed by atoms with Crippen LogP contribution in [0.2, 0.25) is 5.15 Å². The number of amides is 1. The van der Waals surface area contributed by atoms with Gasteiger partial charge in [-0.3, -0.25) is 14.6 Å². The number of halogens is 1. The van der Waals surface area contributed by atoms with E-state index < -0.39 is 17.4 Å². The van der Waals surface area contributed by atoms with Crippen LogP contribution < -0.4 is 5.32 Å². The largest absolute Gasteiger partial charge is 0.481 e. The Kier molecular flexibility index (Phi) is 3.99. The molecular weight excluding hydrogens is 270 g/mol. The van der Waals surface area contributed by atoms with E-state index in [1.807, 2.05) is 0 Å². The zero-order chi connectivity index (χ0) is 13.9. The van der Waals surface area contributed by atoms with Crippen LogP contribution in [0.5, 0.6) is 0 Å². The van der Waals surface area contributed by atoms with E-state index in [2.05, 4.69) is 15.3 Å². The Morgan fingerprint density at radius 3 is 2.63 bits per heavy atom. The van der Waals surface area contributed by atoms with Crippen LogP contribution in [0.25, 0.3) is 0 Å². The van der Waals surface area contributed by atoms with Crippen molar-refractivity contribution >= 4 is 23.5 Å². The summed E-state index contributed by atoms with van der Waals surface area (Å²) in [6, 6.07) is 0. The van der Waals surface area contributed by atoms with Gasteiger partial charge >= 0.3 is 5.97 Å². The summed E-state index contributed by atoms with van der Waals surface area (Å²) in [6.45, 7) is 0. The molecule has 0 saturated heterocycles. The molecule has 1 amide bonds. The molecule has 0 aliphatic heterocycles. The van der Waals surface area contributed by atoms with E-state index in [-0.39, 0.29) is 17.3 Å². The lowest BCUT2D eigenvalue weighted by Gasteiger charge is -2.28. The van der Waals surface area contributed by atoms with Gasteiger partial charge in [0.25, 0.3) is 5.91 Å². The number of carbonyl (C=O) groups is 2. The van der Waals surface area contributed by atoms with Gasteiger partial charge in [-0.25, -0.2) is 4.98 Å². The van der Waals surface area contributed by atoms with Gasteiger partial charge in [-0.05, 0) is 12.8 Å². The van der Waals surface area contributed by atoms with Crippen molar-refractivity contribution < 1.29 is 14.7 Å². The Balaban J connectivity index is 2.13. The third-order valence-corrected chi connectivity index (χ3v) is 3.45. The molecule has 0 unspecified atom stereocenters. The number of carboxylic acid groups (broad SMARTS) is 1. The Morgan fingerprint density at radius 1 is 1.37 bits per heavy atom. The molecule has 0 radical (unpaired) electrons. The fourth-order valence-corrected chi connectivity index (χ4v) is 2.59. The summed E-state index contributed by atoms with van der Waals surface area (Å²) >= 11 is 5.68.